The van der Waals surface area contributed by atoms with Crippen LogP contribution in [0.4, 0.5) is 0 Å². The monoisotopic (exact) mass is 173 g/mol. The van der Waals surface area contributed by atoms with E-state index in [0.717, 1.165) is 0 Å². The first-order chi connectivity index (χ1) is 5.43. The van der Waals surface area contributed by atoms with Crippen molar-refractivity contribution in [3.63, 3.8) is 0 Å². The zero-order chi connectivity index (χ0) is 9.72. The Balaban J connectivity index is 3.85. The number of amides is 1. The maximum Gasteiger partial charge on any atom is 0.328 e. The molecule has 0 aromatic rings. The molecule has 0 aromatic heterocycles. The molecule has 0 radical (unpaired) electrons. The Morgan fingerprint density at radius 2 is 1.75 bits per heavy atom. The van der Waals surface area contributed by atoms with Crippen molar-refractivity contribution in [2.75, 3.05) is 0 Å². The summed E-state index contributed by atoms with van der Waals surface area (Å²) in [5, 5.41) is 2.43. The van der Waals surface area contributed by atoms with E-state index in [1.54, 1.807) is 20.8 Å². The van der Waals surface area contributed by atoms with Gasteiger partial charge in [-0.05, 0) is 20.8 Å². The quantitative estimate of drug-likeness (QED) is 0.631. The van der Waals surface area contributed by atoms with Gasteiger partial charge in [0.25, 0.3) is 0 Å². The third-order valence-corrected chi connectivity index (χ3v) is 1.13. The molecule has 1 atom stereocenters. The summed E-state index contributed by atoms with van der Waals surface area (Å²) >= 11 is 0. The minimum Gasteiger partial charge on any atom is -0.461 e. The minimum absolute atomic E-state index is 0.145. The molecule has 0 aliphatic rings. The standard InChI is InChI=1S/C8H15NO3/c1-5(2)12-8(11)6(3)9-7(4)10/h5-6H,1-4H3,(H,9,10). The van der Waals surface area contributed by atoms with E-state index in [2.05, 4.69) is 5.32 Å². The van der Waals surface area contributed by atoms with Gasteiger partial charge in [-0.2, -0.15) is 0 Å². The fraction of sp³-hybridized carbons (Fsp3) is 0.750. The predicted molar refractivity (Wildman–Crippen MR) is 44.5 cm³/mol. The first kappa shape index (κ1) is 10.9. The van der Waals surface area contributed by atoms with Crippen LogP contribution in [0.2, 0.25) is 0 Å². The second-order valence-electron chi connectivity index (χ2n) is 2.91. The third kappa shape index (κ3) is 4.71. The average molecular weight is 173 g/mol. The van der Waals surface area contributed by atoms with Gasteiger partial charge in [0.1, 0.15) is 6.04 Å². The zero-order valence-corrected chi connectivity index (χ0v) is 7.88. The smallest absolute Gasteiger partial charge is 0.328 e. The summed E-state index contributed by atoms with van der Waals surface area (Å²) in [6.07, 6.45) is -0.145. The number of esters is 1. The number of nitrogens with one attached hydrogen (secondary N) is 1. The van der Waals surface area contributed by atoms with Gasteiger partial charge in [0.2, 0.25) is 5.91 Å². The summed E-state index contributed by atoms with van der Waals surface area (Å²) in [6.45, 7) is 6.47. The lowest BCUT2D eigenvalue weighted by atomic mass is 10.3. The maximum atomic E-state index is 11.1. The molecule has 4 heteroatoms. The van der Waals surface area contributed by atoms with Crippen molar-refractivity contribution in [2.24, 2.45) is 0 Å². The van der Waals surface area contributed by atoms with Gasteiger partial charge in [0.05, 0.1) is 6.10 Å². The van der Waals surface area contributed by atoms with Crippen molar-refractivity contribution >= 4 is 11.9 Å². The number of carbonyl (C=O) groups excluding carboxylic acids is 2. The summed E-state index contributed by atoms with van der Waals surface area (Å²) in [7, 11) is 0. The van der Waals surface area contributed by atoms with Crippen LogP contribution in [0.25, 0.3) is 0 Å². The summed E-state index contributed by atoms with van der Waals surface area (Å²) in [6, 6.07) is -0.565. The molecule has 0 heterocycles. The molecule has 0 fully saturated rings. The number of rotatable bonds is 3. The van der Waals surface area contributed by atoms with Crippen molar-refractivity contribution in [1.29, 1.82) is 0 Å². The number of hydrogen-bond acceptors (Lipinski definition) is 3. The molecule has 0 saturated heterocycles. The third-order valence-electron chi connectivity index (χ3n) is 1.13. The Kier molecular flexibility index (Phi) is 4.33. The molecule has 1 unspecified atom stereocenters. The van der Waals surface area contributed by atoms with E-state index < -0.39 is 12.0 Å². The number of hydrogen-bond donors (Lipinski definition) is 1. The van der Waals surface area contributed by atoms with Crippen LogP contribution < -0.4 is 5.32 Å². The van der Waals surface area contributed by atoms with Crippen molar-refractivity contribution in [2.45, 2.75) is 39.8 Å². The van der Waals surface area contributed by atoms with Crippen LogP contribution >= 0.6 is 0 Å². The van der Waals surface area contributed by atoms with Gasteiger partial charge < -0.3 is 10.1 Å². The molecular formula is C8H15NO3. The Morgan fingerprint density at radius 1 is 1.25 bits per heavy atom. The highest BCUT2D eigenvalue weighted by molar-refractivity contribution is 5.82. The second kappa shape index (κ2) is 4.74. The molecule has 0 bridgehead atoms. The highest BCUT2D eigenvalue weighted by Crippen LogP contribution is 1.93. The number of ether oxygens (including phenoxy) is 1. The Morgan fingerprint density at radius 3 is 2.08 bits per heavy atom. The molecule has 0 aromatic carbocycles. The van der Waals surface area contributed by atoms with Gasteiger partial charge >= 0.3 is 5.97 Å². The Bertz CT molecular complexity index is 177. The van der Waals surface area contributed by atoms with Crippen molar-refractivity contribution in [1.82, 2.24) is 5.32 Å². The molecule has 0 aliphatic heterocycles. The van der Waals surface area contributed by atoms with Gasteiger partial charge in [-0.1, -0.05) is 0 Å². The topological polar surface area (TPSA) is 55.4 Å². The first-order valence-electron chi connectivity index (χ1n) is 3.91. The van der Waals surface area contributed by atoms with E-state index in [9.17, 15) is 9.59 Å². The first-order valence-corrected chi connectivity index (χ1v) is 3.91. The van der Waals surface area contributed by atoms with Crippen molar-refractivity contribution < 1.29 is 14.3 Å². The van der Waals surface area contributed by atoms with Crippen LogP contribution in [0.5, 0.6) is 0 Å². The summed E-state index contributed by atoms with van der Waals surface area (Å²) < 4.78 is 4.86. The van der Waals surface area contributed by atoms with Crippen molar-refractivity contribution in [3.8, 4) is 0 Å². The molecule has 4 nitrogen and oxygen atoms in total. The zero-order valence-electron chi connectivity index (χ0n) is 7.88. The second-order valence-corrected chi connectivity index (χ2v) is 2.91. The van der Waals surface area contributed by atoms with Gasteiger partial charge in [0, 0.05) is 6.92 Å². The summed E-state index contributed by atoms with van der Waals surface area (Å²) in [4.78, 5) is 21.6. The molecule has 0 rings (SSSR count). The Labute approximate surface area is 72.3 Å². The molecule has 0 aliphatic carbocycles. The van der Waals surface area contributed by atoms with E-state index in [4.69, 9.17) is 4.74 Å². The summed E-state index contributed by atoms with van der Waals surface area (Å²) in [5.41, 5.74) is 0. The van der Waals surface area contributed by atoms with Gasteiger partial charge in [-0.25, -0.2) is 4.79 Å². The van der Waals surface area contributed by atoms with E-state index in [-0.39, 0.29) is 12.0 Å². The Hall–Kier alpha value is -1.06. The van der Waals surface area contributed by atoms with Crippen LogP contribution in [0.1, 0.15) is 27.7 Å². The molecule has 0 spiro atoms. The largest absolute Gasteiger partial charge is 0.461 e. The van der Waals surface area contributed by atoms with Crippen LogP contribution in [-0.2, 0) is 14.3 Å². The van der Waals surface area contributed by atoms with Crippen LogP contribution in [0.15, 0.2) is 0 Å². The van der Waals surface area contributed by atoms with Crippen LogP contribution in [0, 0.1) is 0 Å². The molecule has 12 heavy (non-hydrogen) atoms. The van der Waals surface area contributed by atoms with E-state index in [1.807, 2.05) is 0 Å². The molecule has 0 saturated carbocycles. The van der Waals surface area contributed by atoms with Gasteiger partial charge in [-0.3, -0.25) is 4.79 Å². The maximum absolute atomic E-state index is 11.1. The van der Waals surface area contributed by atoms with Gasteiger partial charge in [-0.15, -0.1) is 0 Å². The molecule has 1 amide bonds. The van der Waals surface area contributed by atoms with E-state index >= 15 is 0 Å². The minimum atomic E-state index is -0.565. The number of carbonyl (C=O) groups is 2. The van der Waals surface area contributed by atoms with Crippen LogP contribution in [-0.4, -0.2) is 24.0 Å². The molecule has 1 N–H and O–H groups in total. The molecule has 70 valence electrons. The molecular weight excluding hydrogens is 158 g/mol. The fourth-order valence-corrected chi connectivity index (χ4v) is 0.698. The summed E-state index contributed by atoms with van der Waals surface area (Å²) in [5.74, 6) is -0.636. The van der Waals surface area contributed by atoms with E-state index in [1.165, 1.54) is 6.92 Å². The predicted octanol–water partition coefficient (Wildman–Crippen LogP) is 0.463. The average Bonchev–Trinajstić information content (AvgIpc) is 1.84. The SMILES string of the molecule is CC(=O)NC(C)C(=O)OC(C)C. The van der Waals surface area contributed by atoms with Gasteiger partial charge in [0.15, 0.2) is 0 Å². The highest BCUT2D eigenvalue weighted by Gasteiger charge is 2.15. The fourth-order valence-electron chi connectivity index (χ4n) is 0.698. The normalized spacial score (nSPS) is 12.4. The van der Waals surface area contributed by atoms with E-state index in [0.29, 0.717) is 0 Å². The van der Waals surface area contributed by atoms with Crippen molar-refractivity contribution in [3.05, 3.63) is 0 Å². The lowest BCUT2D eigenvalue weighted by Gasteiger charge is -2.13. The lowest BCUT2D eigenvalue weighted by molar-refractivity contribution is -0.150. The van der Waals surface area contributed by atoms with Crippen LogP contribution in [0.3, 0.4) is 0 Å². The highest BCUT2D eigenvalue weighted by atomic mass is 16.5. The lowest BCUT2D eigenvalue weighted by Crippen LogP contribution is -2.39.